The van der Waals surface area contributed by atoms with E-state index in [1.807, 2.05) is 6.07 Å². The number of rotatable bonds is 4. The number of furan rings is 1. The first-order valence-electron chi connectivity index (χ1n) is 9.13. The summed E-state index contributed by atoms with van der Waals surface area (Å²) in [6, 6.07) is 14.5. The number of nitrogens with one attached hydrogen (secondary N) is 1. The molecular weight excluding hydrogens is 359 g/mol. The Morgan fingerprint density at radius 1 is 1.07 bits per heavy atom. The summed E-state index contributed by atoms with van der Waals surface area (Å²) in [6.45, 7) is 0.908. The van der Waals surface area contributed by atoms with Crippen molar-refractivity contribution in [2.24, 2.45) is 0 Å². The van der Waals surface area contributed by atoms with Gasteiger partial charge in [0.2, 0.25) is 0 Å². The summed E-state index contributed by atoms with van der Waals surface area (Å²) in [5.74, 6) is -0.0552. The molecule has 0 saturated carbocycles. The lowest BCUT2D eigenvalue weighted by atomic mass is 9.98. The van der Waals surface area contributed by atoms with Crippen LogP contribution in [0.2, 0.25) is 0 Å². The van der Waals surface area contributed by atoms with Crippen molar-refractivity contribution in [1.29, 1.82) is 0 Å². The summed E-state index contributed by atoms with van der Waals surface area (Å²) in [7, 11) is 0. The van der Waals surface area contributed by atoms with Crippen LogP contribution in [0.15, 0.2) is 65.3 Å². The Hall–Kier alpha value is -3.41. The lowest BCUT2D eigenvalue weighted by Crippen LogP contribution is -2.35. The van der Waals surface area contributed by atoms with Gasteiger partial charge in [-0.2, -0.15) is 0 Å². The Balaban J connectivity index is 1.52. The number of aryl methyl sites for hydroxylation is 1. The average Bonchev–Trinajstić information content (AvgIpc) is 3.25. The van der Waals surface area contributed by atoms with E-state index in [-0.39, 0.29) is 17.6 Å². The Morgan fingerprint density at radius 2 is 1.86 bits per heavy atom. The number of nitrogens with zero attached hydrogens (tertiary/aromatic N) is 1. The second-order valence-corrected chi connectivity index (χ2v) is 6.67. The lowest BCUT2D eigenvalue weighted by molar-refractivity contribution is 0.0947. The first kappa shape index (κ1) is 18.0. The third-order valence-corrected chi connectivity index (χ3v) is 4.80. The molecule has 0 unspecified atom stereocenters. The molecule has 1 aromatic heterocycles. The lowest BCUT2D eigenvalue weighted by Gasteiger charge is -2.30. The summed E-state index contributed by atoms with van der Waals surface area (Å²) >= 11 is 0. The molecular formula is C22H19FN2O3. The van der Waals surface area contributed by atoms with Crippen LogP contribution in [-0.4, -0.2) is 18.4 Å². The summed E-state index contributed by atoms with van der Waals surface area (Å²) in [5, 5.41) is 2.82. The van der Waals surface area contributed by atoms with Crippen molar-refractivity contribution in [2.45, 2.75) is 19.4 Å². The van der Waals surface area contributed by atoms with Crippen molar-refractivity contribution in [3.05, 3.63) is 89.1 Å². The summed E-state index contributed by atoms with van der Waals surface area (Å²) in [4.78, 5) is 27.0. The number of fused-ring (bicyclic) bond motifs is 1. The van der Waals surface area contributed by atoms with Gasteiger partial charge in [-0.3, -0.25) is 9.59 Å². The summed E-state index contributed by atoms with van der Waals surface area (Å²) in [6.07, 6.45) is 3.16. The minimum absolute atomic E-state index is 0.170. The number of amides is 2. The van der Waals surface area contributed by atoms with Crippen molar-refractivity contribution in [3.8, 4) is 0 Å². The molecule has 2 amide bonds. The van der Waals surface area contributed by atoms with Gasteiger partial charge < -0.3 is 14.6 Å². The monoisotopic (exact) mass is 378 g/mol. The van der Waals surface area contributed by atoms with Crippen LogP contribution in [0, 0.1) is 5.82 Å². The van der Waals surface area contributed by atoms with Crippen molar-refractivity contribution in [1.82, 2.24) is 5.32 Å². The first-order valence-corrected chi connectivity index (χ1v) is 9.13. The van der Waals surface area contributed by atoms with Gasteiger partial charge in [0.15, 0.2) is 0 Å². The van der Waals surface area contributed by atoms with Crippen molar-refractivity contribution >= 4 is 17.5 Å². The quantitative estimate of drug-likeness (QED) is 0.748. The van der Waals surface area contributed by atoms with E-state index in [2.05, 4.69) is 5.32 Å². The second kappa shape index (κ2) is 7.68. The highest BCUT2D eigenvalue weighted by Crippen LogP contribution is 2.29. The molecule has 2 aromatic carbocycles. The smallest absolute Gasteiger partial charge is 0.258 e. The van der Waals surface area contributed by atoms with Gasteiger partial charge in [-0.05, 0) is 73.0 Å². The Morgan fingerprint density at radius 3 is 2.61 bits per heavy atom. The maximum atomic E-state index is 13.1. The van der Waals surface area contributed by atoms with Crippen LogP contribution in [0.25, 0.3) is 0 Å². The normalized spacial score (nSPS) is 13.1. The minimum atomic E-state index is -0.374. The molecule has 3 aromatic rings. The van der Waals surface area contributed by atoms with Gasteiger partial charge in [0.25, 0.3) is 11.8 Å². The molecule has 142 valence electrons. The molecule has 0 atom stereocenters. The fourth-order valence-electron chi connectivity index (χ4n) is 3.38. The predicted molar refractivity (Wildman–Crippen MR) is 103 cm³/mol. The zero-order valence-corrected chi connectivity index (χ0v) is 15.2. The number of hydrogen-bond donors (Lipinski definition) is 1. The van der Waals surface area contributed by atoms with E-state index in [0.29, 0.717) is 30.0 Å². The van der Waals surface area contributed by atoms with E-state index >= 15 is 0 Å². The molecule has 1 aliphatic rings. The topological polar surface area (TPSA) is 62.6 Å². The van der Waals surface area contributed by atoms with E-state index in [1.54, 1.807) is 35.4 Å². The standard InChI is InChI=1S/C22H19FN2O3/c23-18-8-5-15(6-9-18)22(27)25-11-1-3-16-13-17(7-10-20(16)25)21(26)24-14-19-4-2-12-28-19/h2,4-10,12-13H,1,3,11,14H2,(H,24,26). The molecule has 0 fully saturated rings. The molecule has 0 radical (unpaired) electrons. The van der Waals surface area contributed by atoms with Crippen molar-refractivity contribution < 1.29 is 18.4 Å². The molecule has 28 heavy (non-hydrogen) atoms. The van der Waals surface area contributed by atoms with Gasteiger partial charge in [0.05, 0.1) is 12.8 Å². The van der Waals surface area contributed by atoms with Gasteiger partial charge in [0.1, 0.15) is 11.6 Å². The molecule has 2 heterocycles. The van der Waals surface area contributed by atoms with Crippen LogP contribution in [0.5, 0.6) is 0 Å². The van der Waals surface area contributed by atoms with E-state index in [9.17, 15) is 14.0 Å². The summed E-state index contributed by atoms with van der Waals surface area (Å²) < 4.78 is 18.4. The Kier molecular flexibility index (Phi) is 4.93. The van der Waals surface area contributed by atoms with Crippen molar-refractivity contribution in [2.75, 3.05) is 11.4 Å². The molecule has 4 rings (SSSR count). The molecule has 0 spiro atoms. The van der Waals surface area contributed by atoms with Gasteiger partial charge in [-0.25, -0.2) is 4.39 Å². The van der Waals surface area contributed by atoms with Gasteiger partial charge in [0, 0.05) is 23.4 Å². The highest BCUT2D eigenvalue weighted by molar-refractivity contribution is 6.07. The number of halogens is 1. The minimum Gasteiger partial charge on any atom is -0.467 e. The van der Waals surface area contributed by atoms with Crippen LogP contribution >= 0.6 is 0 Å². The predicted octanol–water partition coefficient (Wildman–Crippen LogP) is 3.94. The molecule has 0 aliphatic carbocycles. The van der Waals surface area contributed by atoms with Crippen LogP contribution in [-0.2, 0) is 13.0 Å². The summed E-state index contributed by atoms with van der Waals surface area (Å²) in [5.41, 5.74) is 2.73. The van der Waals surface area contributed by atoms with E-state index in [4.69, 9.17) is 4.42 Å². The maximum absolute atomic E-state index is 13.1. The number of benzene rings is 2. The molecule has 6 heteroatoms. The third kappa shape index (κ3) is 3.67. The van der Waals surface area contributed by atoms with Crippen LogP contribution in [0.3, 0.4) is 0 Å². The van der Waals surface area contributed by atoms with Crippen LogP contribution in [0.1, 0.15) is 38.5 Å². The second-order valence-electron chi connectivity index (χ2n) is 6.67. The van der Waals surface area contributed by atoms with Crippen LogP contribution < -0.4 is 10.2 Å². The fourth-order valence-corrected chi connectivity index (χ4v) is 3.38. The van der Waals surface area contributed by atoms with Gasteiger partial charge in [-0.15, -0.1) is 0 Å². The molecule has 5 nitrogen and oxygen atoms in total. The van der Waals surface area contributed by atoms with Crippen LogP contribution in [0.4, 0.5) is 10.1 Å². The molecule has 0 bridgehead atoms. The maximum Gasteiger partial charge on any atom is 0.258 e. The van der Waals surface area contributed by atoms with E-state index in [1.165, 1.54) is 24.3 Å². The molecule has 1 N–H and O–H groups in total. The molecule has 0 saturated heterocycles. The number of anilines is 1. The zero-order chi connectivity index (χ0) is 19.5. The Labute approximate surface area is 161 Å². The zero-order valence-electron chi connectivity index (χ0n) is 15.2. The fraction of sp³-hybridized carbons (Fsp3) is 0.182. The van der Waals surface area contributed by atoms with Gasteiger partial charge in [-0.1, -0.05) is 0 Å². The van der Waals surface area contributed by atoms with Gasteiger partial charge >= 0.3 is 0 Å². The Bertz CT molecular complexity index is 997. The third-order valence-electron chi connectivity index (χ3n) is 4.80. The first-order chi connectivity index (χ1) is 13.6. The van der Waals surface area contributed by atoms with E-state index in [0.717, 1.165) is 24.1 Å². The highest BCUT2D eigenvalue weighted by Gasteiger charge is 2.24. The number of hydrogen-bond acceptors (Lipinski definition) is 3. The van der Waals surface area contributed by atoms with E-state index < -0.39 is 0 Å². The highest BCUT2D eigenvalue weighted by atomic mass is 19.1. The van der Waals surface area contributed by atoms with Crippen molar-refractivity contribution in [3.63, 3.8) is 0 Å². The number of carbonyl (C=O) groups is 2. The SMILES string of the molecule is O=C(NCc1ccco1)c1ccc2c(c1)CCCN2C(=O)c1ccc(F)cc1. The number of carbonyl (C=O) groups excluding carboxylic acids is 2. The largest absolute Gasteiger partial charge is 0.467 e. The molecule has 1 aliphatic heterocycles. The average molecular weight is 378 g/mol.